The van der Waals surface area contributed by atoms with Crippen molar-refractivity contribution in [3.05, 3.63) is 69.9 Å². The van der Waals surface area contributed by atoms with Gasteiger partial charge in [0.05, 0.1) is 5.69 Å². The van der Waals surface area contributed by atoms with E-state index in [-0.39, 0.29) is 17.1 Å². The fraction of sp³-hybridized carbons (Fsp3) is 0.211. The normalized spacial score (nSPS) is 14.2. The summed E-state index contributed by atoms with van der Waals surface area (Å²) in [6.45, 7) is 1.74. The summed E-state index contributed by atoms with van der Waals surface area (Å²) >= 11 is 0. The first-order chi connectivity index (χ1) is 12.6. The lowest BCUT2D eigenvalue weighted by atomic mass is 10.0. The van der Waals surface area contributed by atoms with Gasteiger partial charge in [0.25, 0.3) is 5.56 Å². The lowest BCUT2D eigenvalue weighted by molar-refractivity contribution is 0.237. The molecule has 0 spiro atoms. The van der Waals surface area contributed by atoms with Crippen LogP contribution in [0.4, 0.5) is 0 Å². The molecule has 0 saturated heterocycles. The smallest absolute Gasteiger partial charge is 0.254 e. The molecule has 3 N–H and O–H groups in total. The number of fused-ring (bicyclic) bond motifs is 1. The predicted molar refractivity (Wildman–Crippen MR) is 95.7 cm³/mol. The second kappa shape index (κ2) is 6.61. The molecule has 7 nitrogen and oxygen atoms in total. The lowest BCUT2D eigenvalue weighted by Crippen LogP contribution is -2.35. The van der Waals surface area contributed by atoms with Crippen LogP contribution in [0.3, 0.4) is 0 Å². The third kappa shape index (κ3) is 3.16. The molecule has 0 bridgehead atoms. The van der Waals surface area contributed by atoms with Gasteiger partial charge in [-0.3, -0.25) is 14.7 Å². The maximum Gasteiger partial charge on any atom is 0.254 e. The Morgan fingerprint density at radius 1 is 1.23 bits per heavy atom. The van der Waals surface area contributed by atoms with Crippen molar-refractivity contribution >= 4 is 0 Å². The van der Waals surface area contributed by atoms with E-state index in [1.54, 1.807) is 30.6 Å². The minimum atomic E-state index is -0.110. The van der Waals surface area contributed by atoms with E-state index in [0.717, 1.165) is 16.8 Å². The SMILES string of the molecule is O=c1[nH]c(-c2cccnc2)nc2c1CCN(Cc1ccc(O)cc1O)C2. The Labute approximate surface area is 149 Å². The molecule has 3 heterocycles. The molecule has 4 rings (SSSR count). The average molecular weight is 350 g/mol. The topological polar surface area (TPSA) is 102 Å². The molecule has 1 aromatic carbocycles. The molecule has 1 aliphatic heterocycles. The first kappa shape index (κ1) is 16.3. The number of nitrogens with one attached hydrogen (secondary N) is 1. The Morgan fingerprint density at radius 2 is 2.12 bits per heavy atom. The van der Waals surface area contributed by atoms with E-state index >= 15 is 0 Å². The number of phenols is 2. The van der Waals surface area contributed by atoms with Gasteiger partial charge in [0, 0.05) is 54.8 Å². The van der Waals surface area contributed by atoms with Gasteiger partial charge in [-0.2, -0.15) is 0 Å². The van der Waals surface area contributed by atoms with Gasteiger partial charge in [-0.25, -0.2) is 4.98 Å². The quantitative estimate of drug-likeness (QED) is 0.666. The Hall–Kier alpha value is -3.19. The summed E-state index contributed by atoms with van der Waals surface area (Å²) in [5.41, 5.74) is 2.84. The van der Waals surface area contributed by atoms with Crippen molar-refractivity contribution in [3.8, 4) is 22.9 Å². The maximum absolute atomic E-state index is 12.4. The molecule has 0 saturated carbocycles. The molecule has 0 unspecified atom stereocenters. The predicted octanol–water partition coefficient (Wildman–Crippen LogP) is 1.80. The van der Waals surface area contributed by atoms with E-state index in [1.165, 1.54) is 6.07 Å². The van der Waals surface area contributed by atoms with E-state index in [0.29, 0.717) is 37.4 Å². The van der Waals surface area contributed by atoms with Crippen LogP contribution in [-0.4, -0.2) is 36.6 Å². The summed E-state index contributed by atoms with van der Waals surface area (Å²) in [5.74, 6) is 0.603. The van der Waals surface area contributed by atoms with E-state index in [9.17, 15) is 15.0 Å². The second-order valence-electron chi connectivity index (χ2n) is 6.36. The first-order valence-corrected chi connectivity index (χ1v) is 8.36. The van der Waals surface area contributed by atoms with E-state index < -0.39 is 0 Å². The third-order valence-electron chi connectivity index (χ3n) is 4.55. The van der Waals surface area contributed by atoms with Crippen LogP contribution < -0.4 is 5.56 Å². The maximum atomic E-state index is 12.4. The van der Waals surface area contributed by atoms with Crippen LogP contribution in [-0.2, 0) is 19.5 Å². The van der Waals surface area contributed by atoms with Crippen molar-refractivity contribution in [2.45, 2.75) is 19.5 Å². The van der Waals surface area contributed by atoms with Gasteiger partial charge in [-0.15, -0.1) is 0 Å². The van der Waals surface area contributed by atoms with Crippen molar-refractivity contribution in [1.29, 1.82) is 0 Å². The van der Waals surface area contributed by atoms with Crippen LogP contribution in [0.5, 0.6) is 11.5 Å². The highest BCUT2D eigenvalue weighted by Gasteiger charge is 2.22. The summed E-state index contributed by atoms with van der Waals surface area (Å²) < 4.78 is 0. The van der Waals surface area contributed by atoms with Gasteiger partial charge in [-0.05, 0) is 24.6 Å². The Kier molecular flexibility index (Phi) is 4.14. The molecule has 0 radical (unpaired) electrons. The Balaban J connectivity index is 1.61. The number of phenolic OH excluding ortho intramolecular Hbond substituents is 2. The van der Waals surface area contributed by atoms with Crippen molar-refractivity contribution in [3.63, 3.8) is 0 Å². The fourth-order valence-electron chi connectivity index (χ4n) is 3.20. The number of aromatic nitrogens is 3. The highest BCUT2D eigenvalue weighted by atomic mass is 16.3. The van der Waals surface area contributed by atoms with Crippen LogP contribution in [0, 0.1) is 0 Å². The molecule has 2 aromatic heterocycles. The van der Waals surface area contributed by atoms with E-state index in [2.05, 4.69) is 19.9 Å². The van der Waals surface area contributed by atoms with E-state index in [4.69, 9.17) is 0 Å². The largest absolute Gasteiger partial charge is 0.508 e. The average Bonchev–Trinajstić information content (AvgIpc) is 2.64. The van der Waals surface area contributed by atoms with Crippen molar-refractivity contribution in [1.82, 2.24) is 19.9 Å². The molecule has 1 aliphatic rings. The Bertz CT molecular complexity index is 1000. The number of aromatic amines is 1. The molecular weight excluding hydrogens is 332 g/mol. The highest BCUT2D eigenvalue weighted by Crippen LogP contribution is 2.26. The molecule has 0 amide bonds. The third-order valence-corrected chi connectivity index (χ3v) is 4.55. The van der Waals surface area contributed by atoms with Crippen LogP contribution in [0.25, 0.3) is 11.4 Å². The zero-order chi connectivity index (χ0) is 18.1. The van der Waals surface area contributed by atoms with Gasteiger partial charge >= 0.3 is 0 Å². The molecule has 0 atom stereocenters. The van der Waals surface area contributed by atoms with Crippen molar-refractivity contribution < 1.29 is 10.2 Å². The number of pyridine rings is 1. The number of hydrogen-bond donors (Lipinski definition) is 3. The van der Waals surface area contributed by atoms with Gasteiger partial charge < -0.3 is 15.2 Å². The zero-order valence-electron chi connectivity index (χ0n) is 14.0. The molecule has 0 fully saturated rings. The second-order valence-corrected chi connectivity index (χ2v) is 6.36. The molecule has 26 heavy (non-hydrogen) atoms. The summed E-state index contributed by atoms with van der Waals surface area (Å²) in [6, 6.07) is 8.24. The first-order valence-electron chi connectivity index (χ1n) is 8.36. The van der Waals surface area contributed by atoms with Gasteiger partial charge in [-0.1, -0.05) is 6.07 Å². The van der Waals surface area contributed by atoms with Crippen LogP contribution >= 0.6 is 0 Å². The Morgan fingerprint density at radius 3 is 2.88 bits per heavy atom. The molecule has 3 aromatic rings. The fourth-order valence-corrected chi connectivity index (χ4v) is 3.20. The molecular formula is C19H18N4O3. The standard InChI is InChI=1S/C19H18N4O3/c24-14-4-3-13(17(25)8-14)10-23-7-5-15-16(11-23)21-18(22-19(15)26)12-2-1-6-20-9-12/h1-4,6,8-9,24-25H,5,7,10-11H2,(H,21,22,26). The number of aromatic hydroxyl groups is 2. The van der Waals surface area contributed by atoms with E-state index in [1.807, 2.05) is 6.07 Å². The van der Waals surface area contributed by atoms with Crippen molar-refractivity contribution in [2.75, 3.05) is 6.54 Å². The number of H-pyrrole nitrogens is 1. The minimum Gasteiger partial charge on any atom is -0.508 e. The number of benzene rings is 1. The minimum absolute atomic E-state index is 0.0320. The highest BCUT2D eigenvalue weighted by molar-refractivity contribution is 5.53. The molecule has 132 valence electrons. The monoisotopic (exact) mass is 350 g/mol. The lowest BCUT2D eigenvalue weighted by Gasteiger charge is -2.28. The van der Waals surface area contributed by atoms with Gasteiger partial charge in [0.2, 0.25) is 0 Å². The summed E-state index contributed by atoms with van der Waals surface area (Å²) in [7, 11) is 0. The molecule has 7 heteroatoms. The van der Waals surface area contributed by atoms with Gasteiger partial charge in [0.15, 0.2) is 0 Å². The summed E-state index contributed by atoms with van der Waals surface area (Å²) in [5, 5.41) is 19.4. The van der Waals surface area contributed by atoms with Crippen molar-refractivity contribution in [2.24, 2.45) is 0 Å². The summed E-state index contributed by atoms with van der Waals surface area (Å²) in [6.07, 6.45) is 3.94. The zero-order valence-corrected chi connectivity index (χ0v) is 14.0. The van der Waals surface area contributed by atoms with Crippen LogP contribution in [0.1, 0.15) is 16.8 Å². The van der Waals surface area contributed by atoms with Gasteiger partial charge in [0.1, 0.15) is 17.3 Å². The van der Waals surface area contributed by atoms with Crippen LogP contribution in [0.15, 0.2) is 47.5 Å². The van der Waals surface area contributed by atoms with Crippen LogP contribution in [0.2, 0.25) is 0 Å². The number of nitrogens with zero attached hydrogens (tertiary/aromatic N) is 3. The number of rotatable bonds is 3. The molecule has 0 aliphatic carbocycles. The number of hydrogen-bond acceptors (Lipinski definition) is 6. The summed E-state index contributed by atoms with van der Waals surface area (Å²) in [4.78, 5) is 26.1.